The van der Waals surface area contributed by atoms with E-state index in [4.69, 9.17) is 5.73 Å². The number of nitrogens with two attached hydrogens (primary N) is 1. The van der Waals surface area contributed by atoms with Gasteiger partial charge in [-0.2, -0.15) is 13.2 Å². The second-order valence-electron chi connectivity index (χ2n) is 4.74. The van der Waals surface area contributed by atoms with Crippen LogP contribution in [-0.2, 0) is 19.3 Å². The van der Waals surface area contributed by atoms with E-state index >= 15 is 0 Å². The average Bonchev–Trinajstić information content (AvgIpc) is 2.84. The summed E-state index contributed by atoms with van der Waals surface area (Å²) in [5, 5.41) is 5.87. The highest BCUT2D eigenvalue weighted by Crippen LogP contribution is 2.33. The molecule has 1 aromatic heterocycles. The van der Waals surface area contributed by atoms with E-state index in [0.29, 0.717) is 13.1 Å². The van der Waals surface area contributed by atoms with Crippen molar-refractivity contribution in [1.82, 2.24) is 15.3 Å². The molecule has 1 aromatic carbocycles. The van der Waals surface area contributed by atoms with Gasteiger partial charge in [0.25, 0.3) is 0 Å². The minimum absolute atomic E-state index is 0.0233. The van der Waals surface area contributed by atoms with E-state index in [1.165, 1.54) is 6.07 Å². The van der Waals surface area contributed by atoms with E-state index < -0.39 is 11.7 Å². The van der Waals surface area contributed by atoms with Crippen molar-refractivity contribution in [2.45, 2.75) is 19.3 Å². The van der Waals surface area contributed by atoms with Gasteiger partial charge < -0.3 is 16.4 Å². The van der Waals surface area contributed by atoms with Crippen molar-refractivity contribution in [2.24, 2.45) is 0 Å². The number of anilines is 3. The SMILES string of the molecule is Nc1cc(Nc2ncc3c(n2)CNC3)cc(C(F)(F)F)c1. The van der Waals surface area contributed by atoms with Crippen LogP contribution in [0, 0.1) is 0 Å². The van der Waals surface area contributed by atoms with Gasteiger partial charge in [-0.1, -0.05) is 0 Å². The minimum Gasteiger partial charge on any atom is -0.399 e. The molecule has 0 unspecified atom stereocenters. The number of hydrogen-bond acceptors (Lipinski definition) is 5. The molecule has 8 heteroatoms. The summed E-state index contributed by atoms with van der Waals surface area (Å²) in [5.41, 5.74) is 6.75. The lowest BCUT2D eigenvalue weighted by molar-refractivity contribution is -0.137. The van der Waals surface area contributed by atoms with Gasteiger partial charge in [0.15, 0.2) is 0 Å². The normalized spacial score (nSPS) is 14.0. The summed E-state index contributed by atoms with van der Waals surface area (Å²) in [4.78, 5) is 8.35. The Bertz CT molecular complexity index is 684. The fourth-order valence-electron chi connectivity index (χ4n) is 2.14. The van der Waals surface area contributed by atoms with Gasteiger partial charge in [-0.25, -0.2) is 9.97 Å². The molecule has 4 N–H and O–H groups in total. The van der Waals surface area contributed by atoms with Gasteiger partial charge in [-0.15, -0.1) is 0 Å². The van der Waals surface area contributed by atoms with E-state index in [2.05, 4.69) is 20.6 Å². The molecule has 2 aromatic rings. The van der Waals surface area contributed by atoms with Gasteiger partial charge in [-0.3, -0.25) is 0 Å². The Hall–Kier alpha value is -2.35. The van der Waals surface area contributed by atoms with Crippen LogP contribution in [-0.4, -0.2) is 9.97 Å². The van der Waals surface area contributed by atoms with Crippen molar-refractivity contribution in [3.05, 3.63) is 41.2 Å². The van der Waals surface area contributed by atoms with Crippen molar-refractivity contribution >= 4 is 17.3 Å². The lowest BCUT2D eigenvalue weighted by Gasteiger charge is -2.11. The van der Waals surface area contributed by atoms with Crippen LogP contribution in [0.5, 0.6) is 0 Å². The zero-order valence-electron chi connectivity index (χ0n) is 10.8. The Kier molecular flexibility index (Phi) is 3.17. The molecule has 1 aliphatic rings. The maximum absolute atomic E-state index is 12.7. The molecule has 0 saturated heterocycles. The van der Waals surface area contributed by atoms with Crippen molar-refractivity contribution in [3.63, 3.8) is 0 Å². The van der Waals surface area contributed by atoms with E-state index in [9.17, 15) is 13.2 Å². The number of nitrogen functional groups attached to an aromatic ring is 1. The van der Waals surface area contributed by atoms with Gasteiger partial charge >= 0.3 is 6.18 Å². The molecule has 3 rings (SSSR count). The molecule has 2 heterocycles. The van der Waals surface area contributed by atoms with Gasteiger partial charge in [-0.05, 0) is 18.2 Å². The Morgan fingerprint density at radius 3 is 2.76 bits per heavy atom. The van der Waals surface area contributed by atoms with Gasteiger partial charge in [0.2, 0.25) is 5.95 Å². The number of nitrogens with zero attached hydrogens (tertiary/aromatic N) is 2. The van der Waals surface area contributed by atoms with Gasteiger partial charge in [0, 0.05) is 36.2 Å². The average molecular weight is 295 g/mol. The maximum atomic E-state index is 12.7. The van der Waals surface area contributed by atoms with E-state index in [0.717, 1.165) is 23.4 Å². The van der Waals surface area contributed by atoms with Gasteiger partial charge in [0.1, 0.15) is 0 Å². The monoisotopic (exact) mass is 295 g/mol. The molecule has 1 aliphatic heterocycles. The smallest absolute Gasteiger partial charge is 0.399 e. The standard InChI is InChI=1S/C13H12F3N5/c14-13(15,16)8-1-9(17)3-10(2-8)20-12-19-5-7-4-18-6-11(7)21-12/h1-3,5,18H,4,6,17H2,(H,19,20,21). The topological polar surface area (TPSA) is 75.9 Å². The number of aromatic nitrogens is 2. The third-order valence-corrected chi connectivity index (χ3v) is 3.10. The summed E-state index contributed by atoms with van der Waals surface area (Å²) in [6.45, 7) is 1.32. The number of halogens is 3. The van der Waals surface area contributed by atoms with Crippen molar-refractivity contribution in [2.75, 3.05) is 11.1 Å². The lowest BCUT2D eigenvalue weighted by Crippen LogP contribution is -2.07. The third-order valence-electron chi connectivity index (χ3n) is 3.10. The molecule has 0 spiro atoms. The molecule has 0 amide bonds. The molecule has 0 bridgehead atoms. The Morgan fingerprint density at radius 1 is 1.19 bits per heavy atom. The molecule has 0 saturated carbocycles. The molecular weight excluding hydrogens is 283 g/mol. The molecule has 0 aliphatic carbocycles. The first-order valence-corrected chi connectivity index (χ1v) is 6.22. The summed E-state index contributed by atoms with van der Waals surface area (Å²) in [6.07, 6.45) is -2.80. The predicted molar refractivity (Wildman–Crippen MR) is 71.7 cm³/mol. The van der Waals surface area contributed by atoms with Crippen LogP contribution in [0.3, 0.4) is 0 Å². The summed E-state index contributed by atoms with van der Waals surface area (Å²) < 4.78 is 38.2. The summed E-state index contributed by atoms with van der Waals surface area (Å²) in [7, 11) is 0. The van der Waals surface area contributed by atoms with Crippen molar-refractivity contribution < 1.29 is 13.2 Å². The largest absolute Gasteiger partial charge is 0.416 e. The quantitative estimate of drug-likeness (QED) is 0.742. The first-order chi connectivity index (χ1) is 9.91. The Labute approximate surface area is 118 Å². The lowest BCUT2D eigenvalue weighted by atomic mass is 10.1. The van der Waals surface area contributed by atoms with E-state index in [1.807, 2.05) is 0 Å². The zero-order chi connectivity index (χ0) is 15.0. The second-order valence-corrected chi connectivity index (χ2v) is 4.74. The summed E-state index contributed by atoms with van der Waals surface area (Å²) >= 11 is 0. The first kappa shape index (κ1) is 13.6. The Balaban J connectivity index is 1.89. The van der Waals surface area contributed by atoms with Crippen LogP contribution in [0.15, 0.2) is 24.4 Å². The van der Waals surface area contributed by atoms with Crippen molar-refractivity contribution in [3.8, 4) is 0 Å². The minimum atomic E-state index is -4.45. The number of rotatable bonds is 2. The summed E-state index contributed by atoms with van der Waals surface area (Å²) in [6, 6.07) is 3.27. The van der Waals surface area contributed by atoms with E-state index in [1.54, 1.807) is 6.20 Å². The number of alkyl halides is 3. The number of fused-ring (bicyclic) bond motifs is 1. The summed E-state index contributed by atoms with van der Waals surface area (Å²) in [5.74, 6) is 0.246. The molecule has 0 atom stereocenters. The third kappa shape index (κ3) is 2.89. The molecule has 5 nitrogen and oxygen atoms in total. The highest BCUT2D eigenvalue weighted by Gasteiger charge is 2.31. The Morgan fingerprint density at radius 2 is 2.00 bits per heavy atom. The number of hydrogen-bond donors (Lipinski definition) is 3. The molecule has 110 valence electrons. The van der Waals surface area contributed by atoms with Crippen LogP contribution in [0.25, 0.3) is 0 Å². The van der Waals surface area contributed by atoms with Crippen molar-refractivity contribution in [1.29, 1.82) is 0 Å². The molecule has 0 radical (unpaired) electrons. The predicted octanol–water partition coefficient (Wildman–Crippen LogP) is 2.42. The van der Waals surface area contributed by atoms with Gasteiger partial charge in [0.05, 0.1) is 11.3 Å². The fourth-order valence-corrected chi connectivity index (χ4v) is 2.14. The molecule has 0 fully saturated rings. The molecule has 21 heavy (non-hydrogen) atoms. The molecular formula is C13H12F3N5. The number of benzene rings is 1. The fraction of sp³-hybridized carbons (Fsp3) is 0.231. The van der Waals surface area contributed by atoms with Crippen LogP contribution in [0.1, 0.15) is 16.8 Å². The highest BCUT2D eigenvalue weighted by molar-refractivity contribution is 5.62. The van der Waals surface area contributed by atoms with E-state index in [-0.39, 0.29) is 17.3 Å². The first-order valence-electron chi connectivity index (χ1n) is 6.22. The van der Waals surface area contributed by atoms with Crippen LogP contribution in [0.4, 0.5) is 30.5 Å². The second kappa shape index (κ2) is 4.88. The van der Waals surface area contributed by atoms with Crippen LogP contribution >= 0.6 is 0 Å². The maximum Gasteiger partial charge on any atom is 0.416 e. The van der Waals surface area contributed by atoms with Crippen LogP contribution < -0.4 is 16.4 Å². The highest BCUT2D eigenvalue weighted by atomic mass is 19.4. The number of nitrogens with one attached hydrogen (secondary N) is 2. The van der Waals surface area contributed by atoms with Crippen LogP contribution in [0.2, 0.25) is 0 Å². The zero-order valence-corrected chi connectivity index (χ0v) is 10.8.